The van der Waals surface area contributed by atoms with Gasteiger partial charge in [-0.1, -0.05) is 0 Å². The van der Waals surface area contributed by atoms with E-state index in [-0.39, 0.29) is 17.0 Å². The summed E-state index contributed by atoms with van der Waals surface area (Å²) in [7, 11) is -3.62. The fourth-order valence-electron chi connectivity index (χ4n) is 2.69. The smallest absolute Gasteiger partial charge is 0.410 e. The molecule has 1 aliphatic rings. The fraction of sp³-hybridized carbons (Fsp3) is 0.529. The molecule has 2 amide bonds. The van der Waals surface area contributed by atoms with Gasteiger partial charge in [0.25, 0.3) is 0 Å². The van der Waals surface area contributed by atoms with Gasteiger partial charge in [-0.3, -0.25) is 4.79 Å². The first-order chi connectivity index (χ1) is 11.5. The highest BCUT2D eigenvalue weighted by molar-refractivity contribution is 7.92. The molecule has 1 aromatic rings. The van der Waals surface area contributed by atoms with Crippen molar-refractivity contribution in [2.75, 3.05) is 13.1 Å². The van der Waals surface area contributed by atoms with Crippen molar-refractivity contribution in [1.29, 1.82) is 0 Å². The van der Waals surface area contributed by atoms with Crippen LogP contribution in [-0.2, 0) is 14.6 Å². The van der Waals surface area contributed by atoms with Crippen LogP contribution < -0.4 is 5.73 Å². The van der Waals surface area contributed by atoms with Gasteiger partial charge in [-0.2, -0.15) is 0 Å². The second-order valence-electron chi connectivity index (χ2n) is 7.12. The third-order valence-corrected chi connectivity index (χ3v) is 6.13. The summed E-state index contributed by atoms with van der Waals surface area (Å²) in [6.45, 7) is 5.87. The van der Waals surface area contributed by atoms with E-state index in [1.165, 1.54) is 29.2 Å². The van der Waals surface area contributed by atoms with Crippen LogP contribution in [-0.4, -0.2) is 49.3 Å². The summed E-state index contributed by atoms with van der Waals surface area (Å²) in [5.74, 6) is -0.613. The Bertz CT molecular complexity index is 750. The summed E-state index contributed by atoms with van der Waals surface area (Å²) < 4.78 is 31.0. The molecule has 2 rings (SSSR count). The number of nitrogens with two attached hydrogens (primary N) is 1. The van der Waals surface area contributed by atoms with E-state index in [9.17, 15) is 18.0 Å². The zero-order valence-electron chi connectivity index (χ0n) is 14.7. The van der Waals surface area contributed by atoms with E-state index >= 15 is 0 Å². The van der Waals surface area contributed by atoms with Gasteiger partial charge in [0.1, 0.15) is 5.60 Å². The second kappa shape index (κ2) is 7.03. The topological polar surface area (TPSA) is 107 Å². The Morgan fingerprint density at radius 2 is 1.80 bits per heavy atom. The van der Waals surface area contributed by atoms with Crippen molar-refractivity contribution in [2.24, 2.45) is 5.73 Å². The fourth-order valence-corrected chi connectivity index (χ4v) is 4.44. The number of carbonyl (C=O) groups is 2. The molecule has 1 heterocycles. The molecule has 1 aliphatic heterocycles. The molecular formula is C17H24N2O5S. The number of ether oxygens (including phenoxy) is 1. The van der Waals surface area contributed by atoms with E-state index in [4.69, 9.17) is 10.5 Å². The number of piperidine rings is 1. The number of nitrogens with zero attached hydrogens (tertiary/aromatic N) is 1. The summed E-state index contributed by atoms with van der Waals surface area (Å²) in [4.78, 5) is 24.9. The third-order valence-electron chi connectivity index (χ3n) is 3.94. The van der Waals surface area contributed by atoms with Crippen LogP contribution >= 0.6 is 0 Å². The Hall–Kier alpha value is -2.09. The minimum atomic E-state index is -3.62. The largest absolute Gasteiger partial charge is 0.444 e. The maximum atomic E-state index is 12.8. The minimum absolute atomic E-state index is 0.0921. The molecule has 0 radical (unpaired) electrons. The maximum Gasteiger partial charge on any atom is 0.410 e. The summed E-state index contributed by atoms with van der Waals surface area (Å²) in [6.07, 6.45) is 0.554. The van der Waals surface area contributed by atoms with Gasteiger partial charge in [0.05, 0.1) is 10.1 Å². The Labute approximate surface area is 148 Å². The van der Waals surface area contributed by atoms with Crippen molar-refractivity contribution in [3.63, 3.8) is 0 Å². The monoisotopic (exact) mass is 368 g/mol. The van der Waals surface area contributed by atoms with Crippen LogP contribution in [0.25, 0.3) is 0 Å². The quantitative estimate of drug-likeness (QED) is 0.877. The van der Waals surface area contributed by atoms with Crippen LogP contribution in [0.3, 0.4) is 0 Å². The van der Waals surface area contributed by atoms with Gasteiger partial charge in [-0.25, -0.2) is 13.2 Å². The standard InChI is InChI=1S/C17H24N2O5S/c1-17(2,3)24-16(21)19-10-4-5-14(11-19)25(22,23)13-8-6-12(7-9-13)15(18)20/h6-9,14H,4-5,10-11H2,1-3H3,(H2,18,20)/t14-/m0/s1. The summed E-state index contributed by atoms with van der Waals surface area (Å²) in [5.41, 5.74) is 4.79. The number of hydrogen-bond donors (Lipinski definition) is 1. The molecule has 0 aliphatic carbocycles. The van der Waals surface area contributed by atoms with Gasteiger partial charge < -0.3 is 15.4 Å². The molecule has 1 fully saturated rings. The van der Waals surface area contributed by atoms with Gasteiger partial charge >= 0.3 is 6.09 Å². The number of primary amides is 1. The molecule has 0 saturated carbocycles. The lowest BCUT2D eigenvalue weighted by molar-refractivity contribution is 0.0219. The first-order valence-corrected chi connectivity index (χ1v) is 9.67. The highest BCUT2D eigenvalue weighted by Crippen LogP contribution is 2.25. The second-order valence-corrected chi connectivity index (χ2v) is 9.35. The van der Waals surface area contributed by atoms with Crippen LogP contribution in [0.5, 0.6) is 0 Å². The number of amides is 2. The van der Waals surface area contributed by atoms with E-state index < -0.39 is 32.7 Å². The molecule has 8 heteroatoms. The number of sulfone groups is 1. The number of benzene rings is 1. The van der Waals surface area contributed by atoms with Crippen LogP contribution in [0.1, 0.15) is 44.0 Å². The lowest BCUT2D eigenvalue weighted by atomic mass is 10.1. The van der Waals surface area contributed by atoms with E-state index in [1.54, 1.807) is 20.8 Å². The van der Waals surface area contributed by atoms with Crippen LogP contribution in [0, 0.1) is 0 Å². The Morgan fingerprint density at radius 1 is 1.20 bits per heavy atom. The molecule has 25 heavy (non-hydrogen) atoms. The zero-order chi connectivity index (χ0) is 18.8. The van der Waals surface area contributed by atoms with Crippen LogP contribution in [0.15, 0.2) is 29.2 Å². The lowest BCUT2D eigenvalue weighted by Crippen LogP contribution is -2.47. The van der Waals surface area contributed by atoms with Crippen molar-refractivity contribution in [3.8, 4) is 0 Å². The molecule has 2 N–H and O–H groups in total. The molecular weight excluding hydrogens is 344 g/mol. The van der Waals surface area contributed by atoms with Crippen molar-refractivity contribution in [1.82, 2.24) is 4.90 Å². The third kappa shape index (κ3) is 4.72. The van der Waals surface area contributed by atoms with Gasteiger partial charge in [-0.05, 0) is 57.9 Å². The molecule has 0 bridgehead atoms. The Balaban J connectivity index is 2.16. The Kier molecular flexibility index (Phi) is 5.41. The SMILES string of the molecule is CC(C)(C)OC(=O)N1CCC[C@H](S(=O)(=O)c2ccc(C(N)=O)cc2)C1. The summed E-state index contributed by atoms with van der Waals surface area (Å²) in [6, 6.07) is 5.54. The lowest BCUT2D eigenvalue weighted by Gasteiger charge is -2.33. The predicted molar refractivity (Wildman–Crippen MR) is 93.0 cm³/mol. The molecule has 1 aromatic carbocycles. The van der Waals surface area contributed by atoms with Gasteiger partial charge in [0.15, 0.2) is 9.84 Å². The molecule has 0 unspecified atom stereocenters. The zero-order valence-corrected chi connectivity index (χ0v) is 15.5. The predicted octanol–water partition coefficient (Wildman–Crippen LogP) is 1.96. The number of hydrogen-bond acceptors (Lipinski definition) is 5. The van der Waals surface area contributed by atoms with Crippen molar-refractivity contribution >= 4 is 21.8 Å². The highest BCUT2D eigenvalue weighted by Gasteiger charge is 2.35. The number of likely N-dealkylation sites (tertiary alicyclic amines) is 1. The van der Waals surface area contributed by atoms with Crippen molar-refractivity contribution < 1.29 is 22.7 Å². The number of rotatable bonds is 3. The summed E-state index contributed by atoms with van der Waals surface area (Å²) >= 11 is 0. The van der Waals surface area contributed by atoms with Gasteiger partial charge in [-0.15, -0.1) is 0 Å². The first kappa shape index (κ1) is 19.2. The van der Waals surface area contributed by atoms with E-state index in [2.05, 4.69) is 0 Å². The molecule has 1 saturated heterocycles. The van der Waals surface area contributed by atoms with Crippen molar-refractivity contribution in [2.45, 2.75) is 49.4 Å². The van der Waals surface area contributed by atoms with Crippen LogP contribution in [0.4, 0.5) is 4.79 Å². The molecule has 138 valence electrons. The van der Waals surface area contributed by atoms with Gasteiger partial charge in [0.2, 0.25) is 5.91 Å². The normalized spacial score (nSPS) is 18.7. The summed E-state index contributed by atoms with van der Waals surface area (Å²) in [5, 5.41) is -0.701. The average molecular weight is 368 g/mol. The number of carbonyl (C=O) groups excluding carboxylic acids is 2. The maximum absolute atomic E-state index is 12.8. The van der Waals surface area contributed by atoms with E-state index in [0.29, 0.717) is 19.4 Å². The molecule has 1 atom stereocenters. The average Bonchev–Trinajstić information content (AvgIpc) is 2.53. The molecule has 0 aromatic heterocycles. The first-order valence-electron chi connectivity index (χ1n) is 8.12. The minimum Gasteiger partial charge on any atom is -0.444 e. The van der Waals surface area contributed by atoms with E-state index in [0.717, 1.165) is 0 Å². The highest BCUT2D eigenvalue weighted by atomic mass is 32.2. The van der Waals surface area contributed by atoms with Crippen molar-refractivity contribution in [3.05, 3.63) is 29.8 Å². The Morgan fingerprint density at radius 3 is 2.32 bits per heavy atom. The molecule has 0 spiro atoms. The van der Waals surface area contributed by atoms with Crippen LogP contribution in [0.2, 0.25) is 0 Å². The molecule has 7 nitrogen and oxygen atoms in total. The van der Waals surface area contributed by atoms with E-state index in [1.807, 2.05) is 0 Å². The van der Waals surface area contributed by atoms with Gasteiger partial charge in [0, 0.05) is 18.7 Å².